The lowest BCUT2D eigenvalue weighted by atomic mass is 9.90. The molecule has 0 aliphatic carbocycles. The van der Waals surface area contributed by atoms with Crippen LogP contribution in [0.25, 0.3) is 23.1 Å². The average Bonchev–Trinajstić information content (AvgIpc) is 3.41. The number of ether oxygens (including phenoxy) is 1. The maximum absolute atomic E-state index is 12.1. The van der Waals surface area contributed by atoms with Gasteiger partial charge in [0.15, 0.2) is 11.5 Å². The van der Waals surface area contributed by atoms with Crippen LogP contribution in [0.1, 0.15) is 51.4 Å². The molecule has 4 aromatic rings. The predicted molar refractivity (Wildman–Crippen MR) is 153 cm³/mol. The highest BCUT2D eigenvalue weighted by atomic mass is 32.2. The van der Waals surface area contributed by atoms with Gasteiger partial charge in [-0.1, -0.05) is 26.8 Å². The fraction of sp³-hybridized carbons (Fsp3) is 0.393. The van der Waals surface area contributed by atoms with E-state index in [1.54, 1.807) is 29.8 Å². The minimum atomic E-state index is -3.53. The number of fused-ring (bicyclic) bond motifs is 1. The lowest BCUT2D eigenvalue weighted by Gasteiger charge is -2.22. The number of hydrogen-bond donors (Lipinski definition) is 1. The minimum absolute atomic E-state index is 0.277. The molecule has 2 aromatic carbocycles. The molecule has 0 saturated carbocycles. The van der Waals surface area contributed by atoms with Crippen molar-refractivity contribution in [2.45, 2.75) is 47.0 Å². The molecule has 2 aromatic heterocycles. The molecule has 0 unspecified atom stereocenters. The van der Waals surface area contributed by atoms with Crippen LogP contribution in [0.3, 0.4) is 0 Å². The van der Waals surface area contributed by atoms with E-state index in [9.17, 15) is 8.42 Å². The van der Waals surface area contributed by atoms with Crippen LogP contribution in [-0.4, -0.2) is 54.7 Å². The van der Waals surface area contributed by atoms with Gasteiger partial charge in [0, 0.05) is 35.0 Å². The zero-order chi connectivity index (χ0) is 27.8. The minimum Gasteiger partial charge on any atom is -0.497 e. The Bertz CT molecular complexity index is 1630. The summed E-state index contributed by atoms with van der Waals surface area (Å²) in [6, 6.07) is 11.6. The van der Waals surface area contributed by atoms with Crippen LogP contribution >= 0.6 is 0 Å². The Morgan fingerprint density at radius 3 is 2.37 bits per heavy atom. The maximum atomic E-state index is 12.1. The first-order valence-corrected chi connectivity index (χ1v) is 14.5. The lowest BCUT2D eigenvalue weighted by molar-refractivity contribution is 0.415. The first-order valence-electron chi connectivity index (χ1n) is 12.6. The summed E-state index contributed by atoms with van der Waals surface area (Å²) in [5.74, 6) is 0.984. The van der Waals surface area contributed by atoms with E-state index in [1.807, 2.05) is 0 Å². The van der Waals surface area contributed by atoms with Gasteiger partial charge in [0.1, 0.15) is 5.75 Å². The van der Waals surface area contributed by atoms with E-state index in [0.29, 0.717) is 28.5 Å². The van der Waals surface area contributed by atoms with Crippen LogP contribution in [0.15, 0.2) is 36.4 Å². The average molecular weight is 537 g/mol. The van der Waals surface area contributed by atoms with Gasteiger partial charge in [0.2, 0.25) is 10.0 Å². The number of aromatic nitrogens is 4. The number of hydrogen-bond acceptors (Lipinski definition) is 7. The van der Waals surface area contributed by atoms with Gasteiger partial charge in [0.25, 0.3) is 0 Å². The summed E-state index contributed by atoms with van der Waals surface area (Å²) in [6.07, 6.45) is 3.23. The zero-order valence-electron chi connectivity index (χ0n) is 23.3. The van der Waals surface area contributed by atoms with Gasteiger partial charge in [-0.25, -0.2) is 8.42 Å². The molecule has 0 saturated heterocycles. The molecule has 4 rings (SSSR count). The van der Waals surface area contributed by atoms with Gasteiger partial charge in [-0.3, -0.25) is 4.72 Å². The third-order valence-corrected chi connectivity index (χ3v) is 7.08. The fourth-order valence-electron chi connectivity index (χ4n) is 4.54. The molecular formula is C28H36N6O3S. The van der Waals surface area contributed by atoms with Crippen LogP contribution in [0.5, 0.6) is 5.75 Å². The van der Waals surface area contributed by atoms with Gasteiger partial charge in [-0.15, -0.1) is 10.2 Å². The van der Waals surface area contributed by atoms with E-state index >= 15 is 0 Å². The molecule has 10 heteroatoms. The molecule has 2 heterocycles. The van der Waals surface area contributed by atoms with Crippen molar-refractivity contribution in [2.24, 2.45) is 0 Å². The van der Waals surface area contributed by atoms with Gasteiger partial charge >= 0.3 is 0 Å². The normalized spacial score (nSPS) is 12.8. The fourth-order valence-corrected chi connectivity index (χ4v) is 5.12. The third kappa shape index (κ3) is 5.45. The van der Waals surface area contributed by atoms with Crippen molar-refractivity contribution in [3.05, 3.63) is 58.4 Å². The van der Waals surface area contributed by atoms with E-state index in [-0.39, 0.29) is 5.41 Å². The molecule has 0 atom stereocenters. The summed E-state index contributed by atoms with van der Waals surface area (Å²) in [7, 11) is -1.97. The van der Waals surface area contributed by atoms with Gasteiger partial charge in [-0.05, 0) is 68.3 Å². The quantitative estimate of drug-likeness (QED) is 0.361. The molecule has 9 nitrogen and oxygen atoms in total. The summed E-state index contributed by atoms with van der Waals surface area (Å²) < 4.78 is 33.8. The SMILES string of the molecule is CCN(CC)c1ccc(/C=c2/c(C(C)(C)C)nn3c(-c4cc(OC)ccc4NS(C)(=O)=O)nnc23)c(C)c1. The largest absolute Gasteiger partial charge is 0.497 e. The van der Waals surface area contributed by atoms with Crippen molar-refractivity contribution in [2.75, 3.05) is 36.1 Å². The van der Waals surface area contributed by atoms with Crippen LogP contribution in [0.4, 0.5) is 11.4 Å². The molecule has 0 amide bonds. The highest BCUT2D eigenvalue weighted by Gasteiger charge is 2.25. The Kier molecular flexibility index (Phi) is 7.38. The summed E-state index contributed by atoms with van der Waals surface area (Å²) in [5.41, 5.74) is 5.51. The first kappa shape index (κ1) is 27.4. The Hall–Kier alpha value is -3.66. The monoisotopic (exact) mass is 536 g/mol. The van der Waals surface area contributed by atoms with E-state index in [0.717, 1.165) is 41.4 Å². The Labute approximate surface area is 224 Å². The standard InChI is InChI=1S/C28H36N6O3S/c1-9-33(10-2)20-12-11-19(18(3)15-20)16-23-25(28(4,5)6)31-34-26(29-30-27(23)34)22-17-21(37-7)13-14-24(22)32-38(8,35)36/h11-17,32H,9-10H2,1-8H3/b23-16-. The zero-order valence-corrected chi connectivity index (χ0v) is 24.1. The molecule has 0 spiro atoms. The number of methoxy groups -OCH3 is 1. The van der Waals surface area contributed by atoms with E-state index < -0.39 is 10.0 Å². The highest BCUT2D eigenvalue weighted by Crippen LogP contribution is 2.32. The Balaban J connectivity index is 1.95. The van der Waals surface area contributed by atoms with Crippen LogP contribution in [-0.2, 0) is 15.4 Å². The van der Waals surface area contributed by atoms with Crippen molar-refractivity contribution in [3.8, 4) is 17.1 Å². The molecule has 0 aliphatic heterocycles. The van der Waals surface area contributed by atoms with E-state index in [1.165, 1.54) is 5.69 Å². The molecule has 38 heavy (non-hydrogen) atoms. The van der Waals surface area contributed by atoms with Crippen molar-refractivity contribution in [1.82, 2.24) is 19.8 Å². The Morgan fingerprint density at radius 2 is 1.79 bits per heavy atom. The molecule has 0 aliphatic rings. The Morgan fingerprint density at radius 1 is 1.08 bits per heavy atom. The van der Waals surface area contributed by atoms with E-state index in [2.05, 4.69) is 85.6 Å². The summed E-state index contributed by atoms with van der Waals surface area (Å²) in [6.45, 7) is 14.6. The molecule has 0 radical (unpaired) electrons. The number of nitrogens with zero attached hydrogens (tertiary/aromatic N) is 5. The van der Waals surface area contributed by atoms with Crippen molar-refractivity contribution < 1.29 is 13.2 Å². The third-order valence-electron chi connectivity index (χ3n) is 6.49. The number of anilines is 2. The topological polar surface area (TPSA) is 102 Å². The lowest BCUT2D eigenvalue weighted by Crippen LogP contribution is -2.22. The van der Waals surface area contributed by atoms with Crippen LogP contribution < -0.4 is 19.6 Å². The number of nitrogens with one attached hydrogen (secondary N) is 1. The first-order chi connectivity index (χ1) is 17.9. The highest BCUT2D eigenvalue weighted by molar-refractivity contribution is 7.92. The molecular weight excluding hydrogens is 500 g/mol. The number of aryl methyl sites for hydroxylation is 1. The summed E-state index contributed by atoms with van der Waals surface area (Å²) in [5, 5.41) is 14.8. The van der Waals surface area contributed by atoms with Crippen molar-refractivity contribution in [3.63, 3.8) is 0 Å². The summed E-state index contributed by atoms with van der Waals surface area (Å²) >= 11 is 0. The number of sulfonamides is 1. The second-order valence-electron chi connectivity index (χ2n) is 10.4. The molecule has 0 fully saturated rings. The number of benzene rings is 2. The van der Waals surface area contributed by atoms with Crippen LogP contribution in [0, 0.1) is 6.92 Å². The van der Waals surface area contributed by atoms with Gasteiger partial charge in [-0.2, -0.15) is 9.61 Å². The van der Waals surface area contributed by atoms with Crippen LogP contribution in [0.2, 0.25) is 0 Å². The second-order valence-corrected chi connectivity index (χ2v) is 12.2. The maximum Gasteiger partial charge on any atom is 0.229 e. The second kappa shape index (κ2) is 10.2. The molecule has 1 N–H and O–H groups in total. The number of rotatable bonds is 8. The molecule has 202 valence electrons. The van der Waals surface area contributed by atoms with Crippen molar-refractivity contribution in [1.29, 1.82) is 0 Å². The summed E-state index contributed by atoms with van der Waals surface area (Å²) in [4.78, 5) is 2.32. The molecule has 0 bridgehead atoms. The van der Waals surface area contributed by atoms with E-state index in [4.69, 9.17) is 9.84 Å². The van der Waals surface area contributed by atoms with Gasteiger partial charge in [0.05, 0.1) is 24.7 Å². The predicted octanol–water partition coefficient (Wildman–Crippen LogP) is 4.17. The van der Waals surface area contributed by atoms with Crippen molar-refractivity contribution >= 4 is 33.1 Å². The van der Waals surface area contributed by atoms with Gasteiger partial charge < -0.3 is 9.64 Å². The smallest absolute Gasteiger partial charge is 0.229 e.